The van der Waals surface area contributed by atoms with E-state index < -0.39 is 5.97 Å². The minimum atomic E-state index is -0.929. The number of aromatic nitrogens is 2. The topological polar surface area (TPSA) is 63.1 Å². The lowest BCUT2D eigenvalue weighted by Crippen LogP contribution is -1.94. The van der Waals surface area contributed by atoms with Crippen LogP contribution in [0, 0.1) is 6.92 Å². The van der Waals surface area contributed by atoms with Gasteiger partial charge in [0.15, 0.2) is 0 Å². The summed E-state index contributed by atoms with van der Waals surface area (Å²) in [5, 5.41) is 11.7. The van der Waals surface area contributed by atoms with Gasteiger partial charge in [-0.05, 0) is 24.4 Å². The first-order chi connectivity index (χ1) is 8.65. The zero-order valence-electron chi connectivity index (χ0n) is 9.38. The Bertz CT molecular complexity index is 745. The number of nitrogens with zero attached hydrogens (tertiary/aromatic N) is 2. The van der Waals surface area contributed by atoms with Crippen LogP contribution in [0.15, 0.2) is 23.7 Å². The molecule has 3 heterocycles. The second-order valence-corrected chi connectivity index (χ2v) is 5.71. The maximum Gasteiger partial charge on any atom is 0.347 e. The van der Waals surface area contributed by atoms with E-state index in [0.717, 1.165) is 15.8 Å². The first kappa shape index (κ1) is 11.3. The molecule has 3 rings (SSSR count). The van der Waals surface area contributed by atoms with Crippen molar-refractivity contribution >= 4 is 38.9 Å². The van der Waals surface area contributed by atoms with Crippen LogP contribution in [0.1, 0.15) is 15.4 Å². The van der Waals surface area contributed by atoms with Gasteiger partial charge in [-0.15, -0.1) is 22.7 Å². The summed E-state index contributed by atoms with van der Waals surface area (Å²) in [6, 6.07) is 3.95. The standard InChI is InChI=1S/C12H8N2O2S2/c1-6-10(12(15)16)18-11(14-6)7-4-9-8(13-5-7)2-3-17-9/h2-5H,1H3,(H,15,16). The molecule has 0 aromatic carbocycles. The van der Waals surface area contributed by atoms with Crippen LogP contribution in [0.5, 0.6) is 0 Å². The SMILES string of the molecule is Cc1nc(-c2cnc3ccsc3c2)sc1C(=O)O. The molecule has 90 valence electrons. The van der Waals surface area contributed by atoms with Crippen molar-refractivity contribution in [1.82, 2.24) is 9.97 Å². The summed E-state index contributed by atoms with van der Waals surface area (Å²) in [5.74, 6) is -0.929. The number of hydrogen-bond donors (Lipinski definition) is 1. The molecule has 1 N–H and O–H groups in total. The number of carboxylic acid groups (broad SMARTS) is 1. The second kappa shape index (κ2) is 4.15. The Kier molecular flexibility index (Phi) is 2.61. The second-order valence-electron chi connectivity index (χ2n) is 3.77. The summed E-state index contributed by atoms with van der Waals surface area (Å²) < 4.78 is 1.08. The zero-order valence-corrected chi connectivity index (χ0v) is 11.0. The van der Waals surface area contributed by atoms with Crippen LogP contribution < -0.4 is 0 Å². The van der Waals surface area contributed by atoms with E-state index in [9.17, 15) is 4.79 Å². The number of thiazole rings is 1. The van der Waals surface area contributed by atoms with E-state index in [1.165, 1.54) is 11.3 Å². The molecule has 0 radical (unpaired) electrons. The van der Waals surface area contributed by atoms with Crippen molar-refractivity contribution in [3.63, 3.8) is 0 Å². The molecule has 4 nitrogen and oxygen atoms in total. The summed E-state index contributed by atoms with van der Waals surface area (Å²) in [6.45, 7) is 1.71. The molecule has 18 heavy (non-hydrogen) atoms. The number of aromatic carboxylic acids is 1. The molecule has 0 amide bonds. The van der Waals surface area contributed by atoms with E-state index in [1.54, 1.807) is 24.5 Å². The zero-order chi connectivity index (χ0) is 12.7. The van der Waals surface area contributed by atoms with Gasteiger partial charge in [0.25, 0.3) is 0 Å². The molecule has 0 saturated heterocycles. The van der Waals surface area contributed by atoms with Gasteiger partial charge in [-0.2, -0.15) is 0 Å². The largest absolute Gasteiger partial charge is 0.477 e. The summed E-state index contributed by atoms with van der Waals surface area (Å²) in [4.78, 5) is 19.9. The number of pyridine rings is 1. The van der Waals surface area contributed by atoms with Gasteiger partial charge in [-0.25, -0.2) is 9.78 Å². The van der Waals surface area contributed by atoms with Crippen molar-refractivity contribution in [3.05, 3.63) is 34.3 Å². The van der Waals surface area contributed by atoms with Crippen LogP contribution in [-0.2, 0) is 0 Å². The summed E-state index contributed by atoms with van der Waals surface area (Å²) >= 11 is 2.80. The minimum Gasteiger partial charge on any atom is -0.477 e. The number of aryl methyl sites for hydroxylation is 1. The van der Waals surface area contributed by atoms with Gasteiger partial charge < -0.3 is 5.11 Å². The van der Waals surface area contributed by atoms with E-state index in [4.69, 9.17) is 5.11 Å². The quantitative estimate of drug-likeness (QED) is 0.779. The first-order valence-corrected chi connectivity index (χ1v) is 6.89. The number of thiophene rings is 1. The fourth-order valence-electron chi connectivity index (χ4n) is 1.68. The first-order valence-electron chi connectivity index (χ1n) is 5.19. The lowest BCUT2D eigenvalue weighted by atomic mass is 10.3. The number of fused-ring (bicyclic) bond motifs is 1. The molecule has 3 aromatic heterocycles. The highest BCUT2D eigenvalue weighted by Crippen LogP contribution is 2.30. The Labute approximate surface area is 111 Å². The number of rotatable bonds is 2. The van der Waals surface area contributed by atoms with Gasteiger partial charge in [0, 0.05) is 11.8 Å². The van der Waals surface area contributed by atoms with Crippen LogP contribution in [0.25, 0.3) is 20.8 Å². The van der Waals surface area contributed by atoms with Crippen LogP contribution in [-0.4, -0.2) is 21.0 Å². The fraction of sp³-hybridized carbons (Fsp3) is 0.0833. The fourth-order valence-corrected chi connectivity index (χ4v) is 3.35. The molecular formula is C12H8N2O2S2. The molecule has 0 unspecified atom stereocenters. The molecule has 0 bridgehead atoms. The van der Waals surface area contributed by atoms with Crippen molar-refractivity contribution in [1.29, 1.82) is 0 Å². The van der Waals surface area contributed by atoms with E-state index in [2.05, 4.69) is 9.97 Å². The summed E-state index contributed by atoms with van der Waals surface area (Å²) in [7, 11) is 0. The highest BCUT2D eigenvalue weighted by Gasteiger charge is 2.15. The Balaban J connectivity index is 2.13. The maximum absolute atomic E-state index is 11.0. The van der Waals surface area contributed by atoms with Crippen LogP contribution in [0.3, 0.4) is 0 Å². The molecule has 0 spiro atoms. The van der Waals surface area contributed by atoms with E-state index in [-0.39, 0.29) is 4.88 Å². The third-order valence-corrected chi connectivity index (χ3v) is 4.59. The molecule has 0 aliphatic rings. The smallest absolute Gasteiger partial charge is 0.347 e. The minimum absolute atomic E-state index is 0.288. The average molecular weight is 276 g/mol. The van der Waals surface area contributed by atoms with Gasteiger partial charge in [-0.3, -0.25) is 4.98 Å². The van der Waals surface area contributed by atoms with Crippen molar-refractivity contribution in [2.24, 2.45) is 0 Å². The molecule has 6 heteroatoms. The Morgan fingerprint density at radius 3 is 3.00 bits per heavy atom. The van der Waals surface area contributed by atoms with Crippen molar-refractivity contribution < 1.29 is 9.90 Å². The van der Waals surface area contributed by atoms with Crippen LogP contribution >= 0.6 is 22.7 Å². The van der Waals surface area contributed by atoms with E-state index >= 15 is 0 Å². The van der Waals surface area contributed by atoms with Crippen molar-refractivity contribution in [2.75, 3.05) is 0 Å². The monoisotopic (exact) mass is 276 g/mol. The van der Waals surface area contributed by atoms with Gasteiger partial charge in [0.1, 0.15) is 9.88 Å². The molecule has 0 aliphatic carbocycles. The molecule has 0 atom stereocenters. The van der Waals surface area contributed by atoms with Gasteiger partial charge in [0.05, 0.1) is 15.9 Å². The predicted octanol–water partition coefficient (Wildman–Crippen LogP) is 3.43. The van der Waals surface area contributed by atoms with Crippen molar-refractivity contribution in [2.45, 2.75) is 6.92 Å². The molecule has 0 fully saturated rings. The molecular weight excluding hydrogens is 268 g/mol. The highest BCUT2D eigenvalue weighted by atomic mass is 32.1. The molecule has 0 saturated carbocycles. The number of carboxylic acids is 1. The van der Waals surface area contributed by atoms with E-state index in [1.807, 2.05) is 17.5 Å². The predicted molar refractivity (Wildman–Crippen MR) is 72.4 cm³/mol. The lowest BCUT2D eigenvalue weighted by molar-refractivity contribution is 0.0701. The highest BCUT2D eigenvalue weighted by molar-refractivity contribution is 7.17. The number of carbonyl (C=O) groups is 1. The molecule has 0 aliphatic heterocycles. The Morgan fingerprint density at radius 2 is 2.28 bits per heavy atom. The van der Waals surface area contributed by atoms with Crippen molar-refractivity contribution in [3.8, 4) is 10.6 Å². The Morgan fingerprint density at radius 1 is 1.44 bits per heavy atom. The Hall–Kier alpha value is -1.79. The summed E-state index contributed by atoms with van der Waals surface area (Å²) in [6.07, 6.45) is 1.74. The molecule has 3 aromatic rings. The van der Waals surface area contributed by atoms with Gasteiger partial charge in [-0.1, -0.05) is 0 Å². The van der Waals surface area contributed by atoms with Crippen LogP contribution in [0.2, 0.25) is 0 Å². The average Bonchev–Trinajstić information content (AvgIpc) is 2.93. The lowest BCUT2D eigenvalue weighted by Gasteiger charge is -1.95. The number of hydrogen-bond acceptors (Lipinski definition) is 5. The van der Waals surface area contributed by atoms with E-state index in [0.29, 0.717) is 10.7 Å². The third-order valence-electron chi connectivity index (χ3n) is 2.54. The summed E-state index contributed by atoms with van der Waals surface area (Å²) in [5.41, 5.74) is 2.37. The normalized spacial score (nSPS) is 10.9. The van der Waals surface area contributed by atoms with Crippen LogP contribution in [0.4, 0.5) is 0 Å². The van der Waals surface area contributed by atoms with Gasteiger partial charge >= 0.3 is 5.97 Å². The maximum atomic E-state index is 11.0. The van der Waals surface area contributed by atoms with Gasteiger partial charge in [0.2, 0.25) is 0 Å². The third kappa shape index (κ3) is 1.79.